The van der Waals surface area contributed by atoms with Gasteiger partial charge in [0.15, 0.2) is 5.13 Å². The standard InChI is InChI=1S/C13H19N5OS/c1-4-9(2)10-8-20-13(16-10)17-12(19)15-7-11-14-5-6-18(11)3/h5-6,8-9H,4,7H2,1-3H3,(H2,15,16,17,19). The average Bonchev–Trinajstić information content (AvgIpc) is 3.05. The molecule has 0 aromatic carbocycles. The molecule has 0 radical (unpaired) electrons. The molecule has 0 bridgehead atoms. The van der Waals surface area contributed by atoms with Gasteiger partial charge in [0.1, 0.15) is 5.82 Å². The maximum atomic E-state index is 11.8. The predicted molar refractivity (Wildman–Crippen MR) is 79.9 cm³/mol. The first kappa shape index (κ1) is 14.5. The highest BCUT2D eigenvalue weighted by atomic mass is 32.1. The Hall–Kier alpha value is -1.89. The Bertz CT molecular complexity index is 577. The van der Waals surface area contributed by atoms with Crippen LogP contribution in [0.5, 0.6) is 0 Å². The first-order valence-corrected chi connectivity index (χ1v) is 7.44. The Labute approximate surface area is 122 Å². The Morgan fingerprint density at radius 1 is 1.55 bits per heavy atom. The van der Waals surface area contributed by atoms with Crippen molar-refractivity contribution in [3.8, 4) is 0 Å². The first-order chi connectivity index (χ1) is 9.60. The van der Waals surface area contributed by atoms with Gasteiger partial charge in [-0.3, -0.25) is 5.32 Å². The minimum absolute atomic E-state index is 0.266. The lowest BCUT2D eigenvalue weighted by Crippen LogP contribution is -2.29. The number of hydrogen-bond donors (Lipinski definition) is 2. The van der Waals surface area contributed by atoms with Crippen LogP contribution in [0.2, 0.25) is 0 Å². The zero-order valence-corrected chi connectivity index (χ0v) is 12.7. The van der Waals surface area contributed by atoms with Gasteiger partial charge in [0.2, 0.25) is 0 Å². The summed E-state index contributed by atoms with van der Waals surface area (Å²) in [5.41, 5.74) is 1.02. The van der Waals surface area contributed by atoms with Crippen molar-refractivity contribution in [3.63, 3.8) is 0 Å². The number of urea groups is 1. The van der Waals surface area contributed by atoms with E-state index in [1.165, 1.54) is 11.3 Å². The zero-order valence-electron chi connectivity index (χ0n) is 11.9. The van der Waals surface area contributed by atoms with Crippen molar-refractivity contribution in [1.29, 1.82) is 0 Å². The fraction of sp³-hybridized carbons (Fsp3) is 0.462. The van der Waals surface area contributed by atoms with Crippen molar-refractivity contribution in [2.24, 2.45) is 7.05 Å². The molecule has 2 rings (SSSR count). The number of aryl methyl sites for hydroxylation is 1. The van der Waals surface area contributed by atoms with Crippen LogP contribution >= 0.6 is 11.3 Å². The van der Waals surface area contributed by atoms with Crippen molar-refractivity contribution in [2.75, 3.05) is 5.32 Å². The van der Waals surface area contributed by atoms with Crippen LogP contribution in [0.15, 0.2) is 17.8 Å². The molecule has 2 N–H and O–H groups in total. The molecule has 2 aromatic heterocycles. The van der Waals surface area contributed by atoms with Crippen LogP contribution in [0.3, 0.4) is 0 Å². The third kappa shape index (κ3) is 3.57. The number of rotatable bonds is 5. The minimum Gasteiger partial charge on any atom is -0.337 e. The Morgan fingerprint density at radius 3 is 3.00 bits per heavy atom. The molecule has 0 spiro atoms. The molecule has 2 aromatic rings. The van der Waals surface area contributed by atoms with Crippen LogP contribution in [0.4, 0.5) is 9.93 Å². The summed E-state index contributed by atoms with van der Waals surface area (Å²) in [6, 6.07) is -0.266. The van der Waals surface area contributed by atoms with Crippen molar-refractivity contribution >= 4 is 22.5 Å². The van der Waals surface area contributed by atoms with Gasteiger partial charge in [0.05, 0.1) is 12.2 Å². The summed E-state index contributed by atoms with van der Waals surface area (Å²) in [6.45, 7) is 4.63. The second kappa shape index (κ2) is 6.51. The van der Waals surface area contributed by atoms with E-state index in [2.05, 4.69) is 34.4 Å². The second-order valence-corrected chi connectivity index (χ2v) is 5.51. The van der Waals surface area contributed by atoms with Crippen LogP contribution in [0.1, 0.15) is 37.7 Å². The SMILES string of the molecule is CCC(C)c1csc(NC(=O)NCc2nccn2C)n1. The summed E-state index contributed by atoms with van der Waals surface area (Å²) in [5.74, 6) is 1.22. The first-order valence-electron chi connectivity index (χ1n) is 6.56. The fourth-order valence-electron chi connectivity index (χ4n) is 1.65. The van der Waals surface area contributed by atoms with Crippen LogP contribution < -0.4 is 10.6 Å². The van der Waals surface area contributed by atoms with Gasteiger partial charge in [-0.05, 0) is 12.3 Å². The van der Waals surface area contributed by atoms with Crippen LogP contribution in [-0.2, 0) is 13.6 Å². The number of thiazole rings is 1. The van der Waals surface area contributed by atoms with E-state index in [-0.39, 0.29) is 6.03 Å². The van der Waals surface area contributed by atoms with Crippen molar-refractivity contribution in [3.05, 3.63) is 29.3 Å². The number of amides is 2. The molecule has 108 valence electrons. The summed E-state index contributed by atoms with van der Waals surface area (Å²) in [7, 11) is 1.89. The van der Waals surface area contributed by atoms with Crippen molar-refractivity contribution in [2.45, 2.75) is 32.7 Å². The van der Waals surface area contributed by atoms with Gasteiger partial charge < -0.3 is 9.88 Å². The second-order valence-electron chi connectivity index (χ2n) is 4.65. The molecular formula is C13H19N5OS. The van der Waals surface area contributed by atoms with Gasteiger partial charge in [-0.2, -0.15) is 0 Å². The maximum absolute atomic E-state index is 11.8. The normalized spacial score (nSPS) is 12.2. The smallest absolute Gasteiger partial charge is 0.321 e. The Kier molecular flexibility index (Phi) is 4.73. The molecule has 0 fully saturated rings. The van der Waals surface area contributed by atoms with E-state index in [0.717, 1.165) is 17.9 Å². The largest absolute Gasteiger partial charge is 0.337 e. The molecule has 2 amide bonds. The van der Waals surface area contributed by atoms with E-state index < -0.39 is 0 Å². The van der Waals surface area contributed by atoms with Gasteiger partial charge in [0.25, 0.3) is 0 Å². The number of aromatic nitrogens is 3. The molecule has 1 atom stereocenters. The highest BCUT2D eigenvalue weighted by molar-refractivity contribution is 7.13. The van der Waals surface area contributed by atoms with E-state index in [1.807, 2.05) is 23.2 Å². The minimum atomic E-state index is -0.266. The molecule has 0 aliphatic heterocycles. The molecule has 0 saturated carbocycles. The van der Waals surface area contributed by atoms with Crippen molar-refractivity contribution < 1.29 is 4.79 Å². The monoisotopic (exact) mass is 293 g/mol. The van der Waals surface area contributed by atoms with Gasteiger partial charge in [0, 0.05) is 24.8 Å². The van der Waals surface area contributed by atoms with E-state index in [1.54, 1.807) is 6.20 Å². The Morgan fingerprint density at radius 2 is 2.35 bits per heavy atom. The molecule has 20 heavy (non-hydrogen) atoms. The maximum Gasteiger partial charge on any atom is 0.321 e. The van der Waals surface area contributed by atoms with E-state index in [9.17, 15) is 4.79 Å². The molecule has 0 aliphatic carbocycles. The number of carbonyl (C=O) groups excluding carboxylic acids is 1. The molecule has 0 saturated heterocycles. The van der Waals surface area contributed by atoms with Gasteiger partial charge >= 0.3 is 6.03 Å². The molecule has 6 nitrogen and oxygen atoms in total. The average molecular weight is 293 g/mol. The van der Waals surface area contributed by atoms with Crippen LogP contribution in [-0.4, -0.2) is 20.6 Å². The van der Waals surface area contributed by atoms with Crippen molar-refractivity contribution in [1.82, 2.24) is 19.9 Å². The summed E-state index contributed by atoms with van der Waals surface area (Å²) in [6.07, 6.45) is 4.58. The molecule has 0 aliphatic rings. The summed E-state index contributed by atoms with van der Waals surface area (Å²) < 4.78 is 1.87. The molecule has 7 heteroatoms. The highest BCUT2D eigenvalue weighted by Crippen LogP contribution is 2.23. The topological polar surface area (TPSA) is 71.8 Å². The number of anilines is 1. The third-order valence-corrected chi connectivity index (χ3v) is 3.96. The molecular weight excluding hydrogens is 274 g/mol. The summed E-state index contributed by atoms with van der Waals surface area (Å²) in [4.78, 5) is 20.3. The predicted octanol–water partition coefficient (Wildman–Crippen LogP) is 2.71. The van der Waals surface area contributed by atoms with Gasteiger partial charge in [-0.25, -0.2) is 14.8 Å². The molecule has 2 heterocycles. The molecule has 1 unspecified atom stereocenters. The van der Waals surface area contributed by atoms with Crippen LogP contribution in [0, 0.1) is 0 Å². The van der Waals surface area contributed by atoms with Crippen LogP contribution in [0.25, 0.3) is 0 Å². The zero-order chi connectivity index (χ0) is 14.5. The third-order valence-electron chi connectivity index (χ3n) is 3.19. The van der Waals surface area contributed by atoms with Gasteiger partial charge in [-0.1, -0.05) is 13.8 Å². The lowest BCUT2D eigenvalue weighted by Gasteiger charge is -2.06. The summed E-state index contributed by atoms with van der Waals surface area (Å²) in [5, 5.41) is 8.12. The Balaban J connectivity index is 1.85. The van der Waals surface area contributed by atoms with Gasteiger partial charge in [-0.15, -0.1) is 11.3 Å². The van der Waals surface area contributed by atoms with E-state index in [0.29, 0.717) is 17.6 Å². The number of nitrogens with one attached hydrogen (secondary N) is 2. The number of imidazole rings is 1. The quantitative estimate of drug-likeness (QED) is 0.890. The number of carbonyl (C=O) groups is 1. The summed E-state index contributed by atoms with van der Waals surface area (Å²) >= 11 is 1.44. The lowest BCUT2D eigenvalue weighted by molar-refractivity contribution is 0.251. The highest BCUT2D eigenvalue weighted by Gasteiger charge is 2.10. The number of hydrogen-bond acceptors (Lipinski definition) is 4. The van der Waals surface area contributed by atoms with E-state index >= 15 is 0 Å². The number of nitrogens with zero attached hydrogens (tertiary/aromatic N) is 3. The lowest BCUT2D eigenvalue weighted by atomic mass is 10.1. The fourth-order valence-corrected chi connectivity index (χ4v) is 2.47. The van der Waals surface area contributed by atoms with E-state index in [4.69, 9.17) is 0 Å².